The van der Waals surface area contributed by atoms with Crippen molar-refractivity contribution >= 4 is 48.7 Å². The van der Waals surface area contributed by atoms with E-state index >= 15 is 0 Å². The Labute approximate surface area is 224 Å². The molecule has 0 bridgehead atoms. The molecule has 0 radical (unpaired) electrons. The zero-order chi connectivity index (χ0) is 26.5. The summed E-state index contributed by atoms with van der Waals surface area (Å²) in [4.78, 5) is 2.20. The lowest BCUT2D eigenvalue weighted by Crippen LogP contribution is -2.39. The van der Waals surface area contributed by atoms with Crippen molar-refractivity contribution in [3.8, 4) is 5.75 Å². The molecule has 0 aliphatic carbocycles. The van der Waals surface area contributed by atoms with Crippen molar-refractivity contribution in [1.82, 2.24) is 5.10 Å². The van der Waals surface area contributed by atoms with Crippen LogP contribution in [-0.4, -0.2) is 39.0 Å². The number of ether oxygens (including phenoxy) is 1. The van der Waals surface area contributed by atoms with Crippen molar-refractivity contribution in [2.45, 2.75) is 53.8 Å². The third-order valence-corrected chi connectivity index (χ3v) is 6.80. The third-order valence-electron chi connectivity index (χ3n) is 5.21. The van der Waals surface area contributed by atoms with Crippen LogP contribution in [0, 0.1) is 0 Å². The number of aromatic nitrogens is 2. The molecule has 0 fully saturated rings. The van der Waals surface area contributed by atoms with Crippen LogP contribution in [-0.2, 0) is 23.6 Å². The van der Waals surface area contributed by atoms with Crippen LogP contribution in [0.25, 0.3) is 0 Å². The topological polar surface area (TPSA) is 112 Å². The van der Waals surface area contributed by atoms with Gasteiger partial charge in [-0.2, -0.15) is 0 Å². The summed E-state index contributed by atoms with van der Waals surface area (Å²) in [5.74, 6) is 0.513. The van der Waals surface area contributed by atoms with Crippen molar-refractivity contribution < 1.29 is 17.8 Å². The number of nitrogens with zero attached hydrogens (tertiary/aromatic N) is 5. The minimum atomic E-state index is -3.56. The quantitative estimate of drug-likeness (QED) is 0.237. The van der Waals surface area contributed by atoms with Crippen LogP contribution < -0.4 is 24.4 Å². The Balaban J connectivity index is 0.00000481. The number of aryl methyl sites for hydroxylation is 1. The normalized spacial score (nSPS) is 11.6. The highest BCUT2D eigenvalue weighted by atomic mass is 32.2. The van der Waals surface area contributed by atoms with E-state index in [9.17, 15) is 8.42 Å². The van der Waals surface area contributed by atoms with E-state index in [4.69, 9.17) is 4.74 Å². The van der Waals surface area contributed by atoms with E-state index in [1.165, 1.54) is 11.3 Å². The van der Waals surface area contributed by atoms with Crippen molar-refractivity contribution in [2.24, 2.45) is 17.3 Å². The van der Waals surface area contributed by atoms with Crippen LogP contribution >= 0.6 is 11.3 Å². The van der Waals surface area contributed by atoms with E-state index in [0.717, 1.165) is 17.0 Å². The highest BCUT2D eigenvalue weighted by Crippen LogP contribution is 2.38. The highest BCUT2D eigenvalue weighted by Gasteiger charge is 2.24. The molecule has 37 heavy (non-hydrogen) atoms. The molecule has 3 rings (SSSR count). The Morgan fingerprint density at radius 3 is 2.30 bits per heavy atom. The fourth-order valence-corrected chi connectivity index (χ4v) is 5.37. The summed E-state index contributed by atoms with van der Waals surface area (Å²) >= 11 is 1.42. The SMILES string of the molecule is C.COc1cc(N=Nc2sc(N(C(C)C)C(C)C)n[n+]2C)c(NS(C)(=O)=O)cc1NCc1ccccc1. The monoisotopic (exact) mass is 548 g/mol. The third kappa shape index (κ3) is 8.12. The molecule has 0 aliphatic rings. The summed E-state index contributed by atoms with van der Waals surface area (Å²) in [7, 11) is -0.206. The molecule has 1 heterocycles. The molecule has 2 N–H and O–H groups in total. The molecule has 12 heteroatoms. The van der Waals surface area contributed by atoms with Crippen LogP contribution in [0.1, 0.15) is 40.7 Å². The number of azo groups is 1. The lowest BCUT2D eigenvalue weighted by Gasteiger charge is -2.28. The van der Waals surface area contributed by atoms with Gasteiger partial charge in [0, 0.05) is 24.7 Å². The lowest BCUT2D eigenvalue weighted by atomic mass is 10.2. The number of nitrogens with one attached hydrogen (secondary N) is 2. The molecule has 202 valence electrons. The average molecular weight is 549 g/mol. The second-order valence-electron chi connectivity index (χ2n) is 8.87. The molecule has 10 nitrogen and oxygen atoms in total. The van der Waals surface area contributed by atoms with Gasteiger partial charge in [-0.1, -0.05) is 42.9 Å². The predicted molar refractivity (Wildman–Crippen MR) is 152 cm³/mol. The summed E-state index contributed by atoms with van der Waals surface area (Å²) in [6.07, 6.45) is 1.09. The number of hydrogen-bond acceptors (Lipinski definition) is 9. The molecule has 0 aliphatic heterocycles. The van der Waals surface area contributed by atoms with E-state index in [1.54, 1.807) is 31.0 Å². The van der Waals surface area contributed by atoms with Gasteiger partial charge >= 0.3 is 5.13 Å². The number of rotatable bonds is 11. The van der Waals surface area contributed by atoms with Crippen LogP contribution in [0.5, 0.6) is 5.75 Å². The summed E-state index contributed by atoms with van der Waals surface area (Å²) < 4.78 is 33.9. The van der Waals surface area contributed by atoms with Crippen molar-refractivity contribution in [3.05, 3.63) is 48.0 Å². The Morgan fingerprint density at radius 2 is 1.73 bits per heavy atom. The minimum absolute atomic E-state index is 0. The molecule has 0 saturated carbocycles. The molecule has 0 saturated heterocycles. The largest absolute Gasteiger partial charge is 0.495 e. The van der Waals surface area contributed by atoms with Crippen LogP contribution in [0.15, 0.2) is 52.7 Å². The summed E-state index contributed by atoms with van der Waals surface area (Å²) in [6.45, 7) is 9.01. The first-order valence-electron chi connectivity index (χ1n) is 11.5. The van der Waals surface area contributed by atoms with E-state index in [-0.39, 0.29) is 25.2 Å². The van der Waals surface area contributed by atoms with E-state index < -0.39 is 10.0 Å². The molecule has 0 unspecified atom stereocenters. The molecule has 0 atom stereocenters. The lowest BCUT2D eigenvalue weighted by molar-refractivity contribution is -0.712. The maximum atomic E-state index is 12.1. The van der Waals surface area contributed by atoms with Gasteiger partial charge in [0.15, 0.2) is 0 Å². The first kappa shape index (κ1) is 30.0. The molecule has 0 amide bonds. The molecule has 0 spiro atoms. The van der Waals surface area contributed by atoms with Gasteiger partial charge in [0.2, 0.25) is 15.2 Å². The molecule has 1 aromatic heterocycles. The summed E-state index contributed by atoms with van der Waals surface area (Å²) in [5.41, 5.74) is 2.31. The van der Waals surface area contributed by atoms with Gasteiger partial charge in [0.1, 0.15) is 18.5 Å². The fraction of sp³-hybridized carbons (Fsp3) is 0.440. The van der Waals surface area contributed by atoms with Crippen LogP contribution in [0.3, 0.4) is 0 Å². The average Bonchev–Trinajstić information content (AvgIpc) is 3.15. The van der Waals surface area contributed by atoms with Crippen molar-refractivity contribution in [2.75, 3.05) is 28.3 Å². The highest BCUT2D eigenvalue weighted by molar-refractivity contribution is 7.92. The molecular weight excluding hydrogens is 510 g/mol. The number of hydrogen-bond donors (Lipinski definition) is 2. The Kier molecular flexibility index (Phi) is 10.4. The molecule has 2 aromatic carbocycles. The smallest absolute Gasteiger partial charge is 0.431 e. The summed E-state index contributed by atoms with van der Waals surface area (Å²) in [5, 5.41) is 18.1. The predicted octanol–water partition coefficient (Wildman–Crippen LogP) is 5.63. The Morgan fingerprint density at radius 1 is 1.08 bits per heavy atom. The van der Waals surface area contributed by atoms with Crippen molar-refractivity contribution in [1.29, 1.82) is 0 Å². The second-order valence-corrected chi connectivity index (χ2v) is 11.6. The Hall–Kier alpha value is -3.25. The second kappa shape index (κ2) is 12.8. The van der Waals surface area contributed by atoms with Gasteiger partial charge in [-0.25, -0.2) is 8.42 Å². The van der Waals surface area contributed by atoms with Gasteiger partial charge in [-0.3, -0.25) is 4.72 Å². The van der Waals surface area contributed by atoms with Gasteiger partial charge in [0.25, 0.3) is 0 Å². The zero-order valence-electron chi connectivity index (χ0n) is 21.7. The van der Waals surface area contributed by atoms with Gasteiger partial charge in [0.05, 0.1) is 29.9 Å². The standard InChI is InChI=1S/C24H33N7O3S2.CH4/c1-16(2)31(17(3)4)24-28-30(5)23(35-24)27-26-19-14-22(34-6)21(13-20(19)29-36(7,32)33)25-15-18-11-9-8-10-12-18;/h8-14,16-17H,15H2,1-7H3,(H,25,29);1H4/p+1. The minimum Gasteiger partial charge on any atom is -0.495 e. The van der Waals surface area contributed by atoms with E-state index in [0.29, 0.717) is 28.8 Å². The van der Waals surface area contributed by atoms with E-state index in [1.807, 2.05) is 30.3 Å². The first-order valence-corrected chi connectivity index (χ1v) is 14.2. The van der Waals surface area contributed by atoms with Gasteiger partial charge < -0.3 is 15.0 Å². The van der Waals surface area contributed by atoms with E-state index in [2.05, 4.69) is 58.0 Å². The van der Waals surface area contributed by atoms with Crippen molar-refractivity contribution in [3.63, 3.8) is 0 Å². The number of benzene rings is 2. The maximum Gasteiger partial charge on any atom is 0.431 e. The van der Waals surface area contributed by atoms with Crippen LogP contribution in [0.4, 0.5) is 27.3 Å². The number of anilines is 3. The Bertz CT molecular complexity index is 1300. The fourth-order valence-electron chi connectivity index (χ4n) is 3.70. The number of sulfonamides is 1. The number of methoxy groups -OCH3 is 1. The van der Waals surface area contributed by atoms with Gasteiger partial charge in [-0.15, -0.1) is 4.68 Å². The zero-order valence-corrected chi connectivity index (χ0v) is 23.3. The molecule has 3 aromatic rings. The first-order chi connectivity index (χ1) is 17.0. The van der Waals surface area contributed by atoms with Gasteiger partial charge in [-0.05, 0) is 55.8 Å². The summed E-state index contributed by atoms with van der Waals surface area (Å²) in [6, 6.07) is 13.7. The maximum absolute atomic E-state index is 12.1. The molecular formula is C25H38N7O3S2+. The van der Waals surface area contributed by atoms with Crippen LogP contribution in [0.2, 0.25) is 0 Å².